The lowest BCUT2D eigenvalue weighted by molar-refractivity contribution is 0.714. The smallest absolute Gasteiger partial charge is 0.278 e. The fourth-order valence-electron chi connectivity index (χ4n) is 3.99. The van der Waals surface area contributed by atoms with E-state index in [1.807, 2.05) is 4.57 Å². The van der Waals surface area contributed by atoms with Gasteiger partial charge in [0, 0.05) is 25.8 Å². The number of nitrogens with zero attached hydrogens (tertiary/aromatic N) is 7. The Morgan fingerprint density at radius 1 is 1.19 bits per heavy atom. The fourth-order valence-corrected chi connectivity index (χ4v) is 3.99. The molecule has 32 heavy (non-hydrogen) atoms. The molecule has 160 valence electrons. The van der Waals surface area contributed by atoms with Gasteiger partial charge in [-0.3, -0.25) is 14.3 Å². The molecule has 3 aromatic rings. The van der Waals surface area contributed by atoms with Gasteiger partial charge in [0.1, 0.15) is 34.6 Å². The zero-order valence-electron chi connectivity index (χ0n) is 17.8. The van der Waals surface area contributed by atoms with Crippen molar-refractivity contribution in [2.24, 2.45) is 0 Å². The minimum absolute atomic E-state index is 0.112. The molecule has 0 spiro atoms. The summed E-state index contributed by atoms with van der Waals surface area (Å²) in [5, 5.41) is 22.7. The van der Waals surface area contributed by atoms with E-state index in [-0.39, 0.29) is 18.6 Å². The van der Waals surface area contributed by atoms with E-state index in [1.165, 1.54) is 10.9 Å². The van der Waals surface area contributed by atoms with Crippen LogP contribution in [-0.4, -0.2) is 45.3 Å². The van der Waals surface area contributed by atoms with Crippen molar-refractivity contribution in [2.45, 2.75) is 26.4 Å². The first-order valence-corrected chi connectivity index (χ1v) is 10.4. The van der Waals surface area contributed by atoms with Gasteiger partial charge in [-0.1, -0.05) is 5.92 Å². The van der Waals surface area contributed by atoms with Gasteiger partial charge >= 0.3 is 0 Å². The normalized spacial score (nSPS) is 13.7. The Balaban J connectivity index is 1.92. The molecule has 0 saturated carbocycles. The van der Waals surface area contributed by atoms with Crippen molar-refractivity contribution >= 4 is 16.9 Å². The molecule has 3 aromatic heterocycles. The summed E-state index contributed by atoms with van der Waals surface area (Å²) in [7, 11) is 0. The molecule has 1 aliphatic rings. The molecular weight excluding hydrogens is 404 g/mol. The highest BCUT2D eigenvalue weighted by Crippen LogP contribution is 2.30. The van der Waals surface area contributed by atoms with Crippen molar-refractivity contribution in [3.8, 4) is 24.0 Å². The molecule has 0 aromatic carbocycles. The molecule has 0 atom stereocenters. The summed E-state index contributed by atoms with van der Waals surface area (Å²) < 4.78 is 3.24. The average Bonchev–Trinajstić information content (AvgIpc) is 2.94. The maximum atomic E-state index is 13.6. The molecular formula is C23H22N8O. The zero-order valence-corrected chi connectivity index (χ0v) is 17.8. The molecule has 4 heterocycles. The lowest BCUT2D eigenvalue weighted by Gasteiger charge is -2.24. The highest BCUT2D eigenvalue weighted by molar-refractivity contribution is 5.89. The van der Waals surface area contributed by atoms with Crippen molar-refractivity contribution in [3.63, 3.8) is 0 Å². The summed E-state index contributed by atoms with van der Waals surface area (Å²) in [6, 6.07) is 7.72. The zero-order chi connectivity index (χ0) is 22.5. The SMILES string of the molecule is CC#CCn1c(N2CCCNCC2)c(C#N)c2ncn(Cc3ncccc3C#N)c(=O)c21. The molecule has 1 N–H and O–H groups in total. The standard InChI is InChI=1S/C23H22N8O/c1-2-3-11-31-21-20(18(14-25)22(31)29-10-5-7-26-9-12-29)28-16-30(23(21)32)15-19-17(13-24)6-4-8-27-19/h4,6,8,16,26H,5,7,9-12,15H2,1H3. The fraction of sp³-hybridized carbons (Fsp3) is 0.348. The summed E-state index contributed by atoms with van der Waals surface area (Å²) >= 11 is 0. The van der Waals surface area contributed by atoms with Crippen molar-refractivity contribution in [3.05, 3.63) is 51.8 Å². The van der Waals surface area contributed by atoms with E-state index in [1.54, 1.807) is 25.3 Å². The van der Waals surface area contributed by atoms with E-state index < -0.39 is 0 Å². The van der Waals surface area contributed by atoms with Gasteiger partial charge in [0.25, 0.3) is 5.56 Å². The van der Waals surface area contributed by atoms with Crippen molar-refractivity contribution < 1.29 is 0 Å². The van der Waals surface area contributed by atoms with Crippen LogP contribution in [0, 0.1) is 34.5 Å². The second-order valence-electron chi connectivity index (χ2n) is 7.40. The summed E-state index contributed by atoms with van der Waals surface area (Å²) in [6.45, 7) is 5.32. The van der Waals surface area contributed by atoms with E-state index in [2.05, 4.69) is 44.2 Å². The molecule has 0 aliphatic carbocycles. The first-order chi connectivity index (χ1) is 15.7. The Labute approximate surface area is 185 Å². The second kappa shape index (κ2) is 9.34. The summed E-state index contributed by atoms with van der Waals surface area (Å²) in [4.78, 5) is 24.4. The maximum absolute atomic E-state index is 13.6. The Morgan fingerprint density at radius 2 is 2.06 bits per heavy atom. The van der Waals surface area contributed by atoms with Crippen LogP contribution in [0.4, 0.5) is 5.82 Å². The van der Waals surface area contributed by atoms with Crippen LogP contribution in [0.15, 0.2) is 29.5 Å². The lowest BCUT2D eigenvalue weighted by atomic mass is 10.2. The monoisotopic (exact) mass is 426 g/mol. The van der Waals surface area contributed by atoms with E-state index in [9.17, 15) is 15.3 Å². The third-order valence-corrected chi connectivity index (χ3v) is 5.50. The molecule has 1 saturated heterocycles. The number of nitriles is 2. The Hall–Kier alpha value is -4.13. The van der Waals surface area contributed by atoms with Gasteiger partial charge in [-0.15, -0.1) is 5.92 Å². The van der Waals surface area contributed by atoms with Gasteiger partial charge in [0.05, 0.1) is 30.7 Å². The van der Waals surface area contributed by atoms with E-state index in [0.717, 1.165) is 32.6 Å². The lowest BCUT2D eigenvalue weighted by Crippen LogP contribution is -2.31. The molecule has 9 nitrogen and oxygen atoms in total. The molecule has 0 amide bonds. The Morgan fingerprint density at radius 3 is 2.84 bits per heavy atom. The summed E-state index contributed by atoms with van der Waals surface area (Å²) in [5.74, 6) is 6.60. The third-order valence-electron chi connectivity index (χ3n) is 5.50. The van der Waals surface area contributed by atoms with Crippen LogP contribution in [-0.2, 0) is 13.1 Å². The number of hydrogen-bond acceptors (Lipinski definition) is 7. The molecule has 4 rings (SSSR count). The Kier molecular flexibility index (Phi) is 6.17. The van der Waals surface area contributed by atoms with Gasteiger partial charge in [-0.2, -0.15) is 10.5 Å². The predicted molar refractivity (Wildman–Crippen MR) is 120 cm³/mol. The number of aromatic nitrogens is 4. The van der Waals surface area contributed by atoms with E-state index in [0.29, 0.717) is 33.7 Å². The highest BCUT2D eigenvalue weighted by atomic mass is 16.1. The highest BCUT2D eigenvalue weighted by Gasteiger charge is 2.26. The van der Waals surface area contributed by atoms with Gasteiger partial charge in [-0.05, 0) is 32.0 Å². The molecule has 1 aliphatic heterocycles. The first kappa shape index (κ1) is 21.1. The number of pyridine rings is 1. The Bertz CT molecular complexity index is 1350. The van der Waals surface area contributed by atoms with Crippen LogP contribution in [0.2, 0.25) is 0 Å². The van der Waals surface area contributed by atoms with Gasteiger partial charge in [0.15, 0.2) is 0 Å². The molecule has 0 bridgehead atoms. The van der Waals surface area contributed by atoms with Crippen LogP contribution < -0.4 is 15.8 Å². The number of anilines is 1. The molecule has 0 radical (unpaired) electrons. The van der Waals surface area contributed by atoms with Gasteiger partial charge < -0.3 is 14.8 Å². The first-order valence-electron chi connectivity index (χ1n) is 10.4. The van der Waals surface area contributed by atoms with Crippen molar-refractivity contribution in [2.75, 3.05) is 31.1 Å². The van der Waals surface area contributed by atoms with Crippen molar-refractivity contribution in [1.29, 1.82) is 10.5 Å². The summed E-state index contributed by atoms with van der Waals surface area (Å²) in [6.07, 6.45) is 3.94. The maximum Gasteiger partial charge on any atom is 0.278 e. The quantitative estimate of drug-likeness (QED) is 0.624. The van der Waals surface area contributed by atoms with Gasteiger partial charge in [-0.25, -0.2) is 4.98 Å². The van der Waals surface area contributed by atoms with Crippen LogP contribution in [0.5, 0.6) is 0 Å². The molecule has 1 fully saturated rings. The topological polar surface area (TPSA) is 116 Å². The minimum atomic E-state index is -0.293. The van der Waals surface area contributed by atoms with Crippen LogP contribution in [0.1, 0.15) is 30.2 Å². The van der Waals surface area contributed by atoms with Crippen LogP contribution >= 0.6 is 0 Å². The second-order valence-corrected chi connectivity index (χ2v) is 7.40. The van der Waals surface area contributed by atoms with E-state index in [4.69, 9.17) is 0 Å². The molecule has 9 heteroatoms. The number of hydrogen-bond donors (Lipinski definition) is 1. The minimum Gasteiger partial charge on any atom is -0.355 e. The number of fused-ring (bicyclic) bond motifs is 1. The number of nitrogens with one attached hydrogen (secondary N) is 1. The van der Waals surface area contributed by atoms with Crippen molar-refractivity contribution in [1.82, 2.24) is 24.4 Å². The van der Waals surface area contributed by atoms with Crippen LogP contribution in [0.3, 0.4) is 0 Å². The largest absolute Gasteiger partial charge is 0.355 e. The molecule has 0 unspecified atom stereocenters. The average molecular weight is 426 g/mol. The number of rotatable bonds is 4. The van der Waals surface area contributed by atoms with Gasteiger partial charge in [0.2, 0.25) is 0 Å². The van der Waals surface area contributed by atoms with E-state index >= 15 is 0 Å². The summed E-state index contributed by atoms with van der Waals surface area (Å²) in [5.41, 5.74) is 1.71. The van der Waals surface area contributed by atoms with Crippen LogP contribution in [0.25, 0.3) is 11.0 Å². The predicted octanol–water partition coefficient (Wildman–Crippen LogP) is 1.21. The third kappa shape index (κ3) is 3.80.